The summed E-state index contributed by atoms with van der Waals surface area (Å²) in [6.07, 6.45) is 0.152. The summed E-state index contributed by atoms with van der Waals surface area (Å²) in [7, 11) is 0. The van der Waals surface area contributed by atoms with Crippen LogP contribution in [0.3, 0.4) is 0 Å². The molecule has 0 saturated heterocycles. The topological polar surface area (TPSA) is 34.4 Å². The lowest BCUT2D eigenvalue weighted by Gasteiger charge is -2.11. The van der Waals surface area contributed by atoms with Crippen molar-refractivity contribution in [2.75, 3.05) is 13.2 Å². The van der Waals surface area contributed by atoms with Crippen LogP contribution in [0.5, 0.6) is 0 Å². The van der Waals surface area contributed by atoms with Crippen LogP contribution in [0.2, 0.25) is 0 Å². The summed E-state index contributed by atoms with van der Waals surface area (Å²) >= 11 is 0.566. The fourth-order valence-electron chi connectivity index (χ4n) is 1.48. The summed E-state index contributed by atoms with van der Waals surface area (Å²) < 4.78 is 34.8. The fraction of sp³-hybridized carbons (Fsp3) is 0.667. The van der Waals surface area contributed by atoms with Gasteiger partial charge in [0.1, 0.15) is 11.5 Å². The first-order valence-electron chi connectivity index (χ1n) is 5.91. The molecule has 0 aliphatic rings. The van der Waals surface area contributed by atoms with E-state index in [1.54, 1.807) is 12.1 Å². The number of furan rings is 1. The van der Waals surface area contributed by atoms with Gasteiger partial charge in [0.05, 0.1) is 18.4 Å². The highest BCUT2D eigenvalue weighted by molar-refractivity contribution is 7.98. The minimum Gasteiger partial charge on any atom is -0.464 e. The van der Waals surface area contributed by atoms with E-state index in [-0.39, 0.29) is 11.9 Å². The molecule has 1 aromatic rings. The highest BCUT2D eigenvalue weighted by Crippen LogP contribution is 2.21. The Bertz CT molecular complexity index is 334. The monoisotopic (exact) mass is 279 g/mol. The lowest BCUT2D eigenvalue weighted by molar-refractivity contribution is 0.0756. The van der Waals surface area contributed by atoms with Crippen molar-refractivity contribution in [3.63, 3.8) is 0 Å². The molecule has 1 heterocycles. The number of nitrogens with one attached hydrogen (secondary N) is 1. The van der Waals surface area contributed by atoms with E-state index in [1.165, 1.54) is 0 Å². The molecular formula is C12H19F2NO2S. The van der Waals surface area contributed by atoms with Gasteiger partial charge in [-0.2, -0.15) is 8.78 Å². The summed E-state index contributed by atoms with van der Waals surface area (Å²) in [6, 6.07) is 3.54. The maximum Gasteiger partial charge on any atom is 0.284 e. The molecule has 0 saturated carbocycles. The van der Waals surface area contributed by atoms with Crippen LogP contribution in [0.25, 0.3) is 0 Å². The Morgan fingerprint density at radius 1 is 1.39 bits per heavy atom. The molecule has 0 aliphatic carbocycles. The van der Waals surface area contributed by atoms with Crippen LogP contribution in [0.1, 0.15) is 25.4 Å². The van der Waals surface area contributed by atoms with Crippen molar-refractivity contribution in [1.82, 2.24) is 5.32 Å². The molecule has 0 aliphatic heterocycles. The van der Waals surface area contributed by atoms with Crippen molar-refractivity contribution in [2.24, 2.45) is 0 Å². The zero-order valence-corrected chi connectivity index (χ0v) is 11.4. The van der Waals surface area contributed by atoms with Crippen molar-refractivity contribution in [3.05, 3.63) is 23.7 Å². The molecule has 1 atom stereocenters. The highest BCUT2D eigenvalue weighted by atomic mass is 32.2. The van der Waals surface area contributed by atoms with Crippen molar-refractivity contribution >= 4 is 11.8 Å². The van der Waals surface area contributed by atoms with Gasteiger partial charge >= 0.3 is 0 Å². The smallest absolute Gasteiger partial charge is 0.284 e. The molecule has 0 spiro atoms. The molecule has 0 bridgehead atoms. The zero-order valence-electron chi connectivity index (χ0n) is 10.6. The average Bonchev–Trinajstić information content (AvgIpc) is 2.75. The van der Waals surface area contributed by atoms with E-state index >= 15 is 0 Å². The number of rotatable bonds is 9. The minimum absolute atomic E-state index is 0.152. The quantitative estimate of drug-likeness (QED) is 0.752. The highest BCUT2D eigenvalue weighted by Gasteiger charge is 2.07. The van der Waals surface area contributed by atoms with E-state index < -0.39 is 5.76 Å². The number of ether oxygens (including phenoxy) is 1. The second-order valence-electron chi connectivity index (χ2n) is 3.84. The number of alkyl halides is 2. The lowest BCUT2D eigenvalue weighted by atomic mass is 10.3. The van der Waals surface area contributed by atoms with Crippen LogP contribution >= 0.6 is 11.8 Å². The van der Waals surface area contributed by atoms with E-state index in [2.05, 4.69) is 5.32 Å². The molecule has 0 amide bonds. The maximum absolute atomic E-state index is 12.0. The largest absolute Gasteiger partial charge is 0.464 e. The molecular weight excluding hydrogens is 260 g/mol. The molecule has 0 fully saturated rings. The summed E-state index contributed by atoms with van der Waals surface area (Å²) in [6.45, 7) is 5.95. The van der Waals surface area contributed by atoms with Crippen molar-refractivity contribution in [1.29, 1.82) is 0 Å². The molecule has 1 aromatic heterocycles. The third-order valence-corrected chi connectivity index (χ3v) is 2.95. The van der Waals surface area contributed by atoms with Gasteiger partial charge < -0.3 is 14.5 Å². The normalized spacial score (nSPS) is 13.2. The van der Waals surface area contributed by atoms with E-state index in [4.69, 9.17) is 9.15 Å². The summed E-state index contributed by atoms with van der Waals surface area (Å²) in [5.41, 5.74) is 0. The first-order chi connectivity index (χ1) is 8.61. The third kappa shape index (κ3) is 6.37. The van der Waals surface area contributed by atoms with Crippen LogP contribution in [0.15, 0.2) is 16.5 Å². The lowest BCUT2D eigenvalue weighted by Crippen LogP contribution is -2.26. The zero-order chi connectivity index (χ0) is 13.4. The summed E-state index contributed by atoms with van der Waals surface area (Å²) in [5, 5.41) is 3.19. The number of hydrogen-bond acceptors (Lipinski definition) is 4. The third-order valence-electron chi connectivity index (χ3n) is 2.25. The predicted octanol–water partition coefficient (Wildman–Crippen LogP) is 3.25. The molecule has 0 aromatic carbocycles. The van der Waals surface area contributed by atoms with Gasteiger partial charge in [-0.3, -0.25) is 0 Å². The van der Waals surface area contributed by atoms with Crippen LogP contribution in [-0.4, -0.2) is 25.0 Å². The van der Waals surface area contributed by atoms with Crippen LogP contribution in [0.4, 0.5) is 8.78 Å². The molecule has 1 unspecified atom stereocenters. The Balaban J connectivity index is 2.22. The molecule has 0 radical (unpaired) electrons. The van der Waals surface area contributed by atoms with E-state index in [9.17, 15) is 8.78 Å². The first-order valence-corrected chi connectivity index (χ1v) is 6.96. The van der Waals surface area contributed by atoms with Gasteiger partial charge in [0.25, 0.3) is 5.76 Å². The Hall–Kier alpha value is -0.590. The van der Waals surface area contributed by atoms with Crippen molar-refractivity contribution < 1.29 is 17.9 Å². The van der Waals surface area contributed by atoms with Gasteiger partial charge in [-0.1, -0.05) is 11.8 Å². The van der Waals surface area contributed by atoms with Crippen molar-refractivity contribution in [3.8, 4) is 0 Å². The van der Waals surface area contributed by atoms with Gasteiger partial charge in [0.2, 0.25) is 0 Å². The van der Waals surface area contributed by atoms with E-state index in [0.717, 1.165) is 12.3 Å². The Morgan fingerprint density at radius 2 is 2.11 bits per heavy atom. The molecule has 1 rings (SSSR count). The summed E-state index contributed by atoms with van der Waals surface area (Å²) in [4.78, 5) is 0. The molecule has 6 heteroatoms. The standard InChI is InChI=1S/C12H19F2NO2S/c1-3-16-9(2)6-15-7-10-4-5-11(17-10)8-18-12(13)14/h4-5,9,12,15H,3,6-8H2,1-2H3. The Labute approximate surface area is 110 Å². The van der Waals surface area contributed by atoms with Crippen molar-refractivity contribution in [2.45, 2.75) is 38.0 Å². The van der Waals surface area contributed by atoms with Crippen LogP contribution in [0, 0.1) is 0 Å². The average molecular weight is 279 g/mol. The second-order valence-corrected chi connectivity index (χ2v) is 4.81. The number of hydrogen-bond donors (Lipinski definition) is 1. The first kappa shape index (κ1) is 15.5. The SMILES string of the molecule is CCOC(C)CNCc1ccc(CSC(F)F)o1. The summed E-state index contributed by atoms with van der Waals surface area (Å²) in [5.74, 6) is -0.824. The molecule has 18 heavy (non-hydrogen) atoms. The van der Waals surface area contributed by atoms with Gasteiger partial charge in [-0.25, -0.2) is 0 Å². The molecule has 1 N–H and O–H groups in total. The van der Waals surface area contributed by atoms with Gasteiger partial charge in [-0.05, 0) is 26.0 Å². The van der Waals surface area contributed by atoms with Gasteiger partial charge in [0, 0.05) is 13.2 Å². The fourth-order valence-corrected chi connectivity index (χ4v) is 1.93. The van der Waals surface area contributed by atoms with Gasteiger partial charge in [-0.15, -0.1) is 0 Å². The Morgan fingerprint density at radius 3 is 2.78 bits per heavy atom. The molecule has 3 nitrogen and oxygen atoms in total. The second kappa shape index (κ2) is 8.50. The Kier molecular flexibility index (Phi) is 7.31. The number of thioether (sulfide) groups is 1. The van der Waals surface area contributed by atoms with E-state index in [0.29, 0.717) is 30.7 Å². The predicted molar refractivity (Wildman–Crippen MR) is 68.8 cm³/mol. The molecule has 104 valence electrons. The maximum atomic E-state index is 12.0. The van der Waals surface area contributed by atoms with Gasteiger partial charge in [0.15, 0.2) is 0 Å². The van der Waals surface area contributed by atoms with Crippen LogP contribution < -0.4 is 5.32 Å². The van der Waals surface area contributed by atoms with E-state index in [1.807, 2.05) is 13.8 Å². The number of halogens is 2. The minimum atomic E-state index is -2.36. The van der Waals surface area contributed by atoms with Crippen LogP contribution in [-0.2, 0) is 17.0 Å².